The number of hydrogen-bond donors (Lipinski definition) is 2. The van der Waals surface area contributed by atoms with Crippen LogP contribution in [0.4, 0.5) is 0 Å². The lowest BCUT2D eigenvalue weighted by molar-refractivity contribution is 0.0691. The molecule has 2 N–H and O–H groups in total. The van der Waals surface area contributed by atoms with Gasteiger partial charge in [0.25, 0.3) is 5.91 Å². The van der Waals surface area contributed by atoms with Crippen molar-refractivity contribution in [3.8, 4) is 0 Å². The number of nitrogens with zero attached hydrogens (tertiary/aromatic N) is 1. The Kier molecular flexibility index (Phi) is 4.03. The molecule has 1 amide bonds. The van der Waals surface area contributed by atoms with E-state index in [1.54, 1.807) is 11.3 Å². The maximum Gasteiger partial charge on any atom is 0.355 e. The smallest absolute Gasteiger partial charge is 0.355 e. The predicted molar refractivity (Wildman–Crippen MR) is 81.2 cm³/mol. The van der Waals surface area contributed by atoms with Crippen LogP contribution in [0, 0.1) is 0 Å². The summed E-state index contributed by atoms with van der Waals surface area (Å²) < 4.78 is 0. The first-order valence-corrected chi connectivity index (χ1v) is 8.46. The molecular weight excluding hydrogens is 308 g/mol. The van der Waals surface area contributed by atoms with Crippen LogP contribution < -0.4 is 5.32 Å². The van der Waals surface area contributed by atoms with Gasteiger partial charge in [0, 0.05) is 15.6 Å². The molecular formula is C14H14N2O3S2. The van der Waals surface area contributed by atoms with Gasteiger partial charge in [-0.1, -0.05) is 0 Å². The number of hydrogen-bond acceptors (Lipinski definition) is 5. The predicted octanol–water partition coefficient (Wildman–Crippen LogP) is 2.71. The van der Waals surface area contributed by atoms with Crippen LogP contribution in [0.3, 0.4) is 0 Å². The van der Waals surface area contributed by atoms with Crippen LogP contribution in [0.2, 0.25) is 0 Å². The number of carbonyl (C=O) groups is 2. The van der Waals surface area contributed by atoms with E-state index < -0.39 is 5.97 Å². The standard InChI is InChI=1S/C14H14N2O3S2/c17-13(9-6-20-11-4-2-1-3-8(9)11)15-5-12-16-10(7-21-12)14(18)19/h6-7H,1-5H2,(H,15,17)(H,18,19). The molecule has 2 aromatic heterocycles. The van der Waals surface area contributed by atoms with Crippen molar-refractivity contribution in [1.29, 1.82) is 0 Å². The number of carboxylic acid groups (broad SMARTS) is 1. The Morgan fingerprint density at radius 3 is 2.81 bits per heavy atom. The number of carbonyl (C=O) groups excluding carboxylic acids is 1. The molecule has 0 aromatic carbocycles. The number of rotatable bonds is 4. The van der Waals surface area contributed by atoms with E-state index in [2.05, 4.69) is 10.3 Å². The topological polar surface area (TPSA) is 79.3 Å². The summed E-state index contributed by atoms with van der Waals surface area (Å²) in [5.74, 6) is -1.14. The number of nitrogens with one attached hydrogen (secondary N) is 1. The molecule has 2 heterocycles. The number of thiazole rings is 1. The normalized spacial score (nSPS) is 13.7. The highest BCUT2D eigenvalue weighted by molar-refractivity contribution is 7.10. The molecule has 0 atom stereocenters. The zero-order chi connectivity index (χ0) is 14.8. The third-order valence-corrected chi connectivity index (χ3v) is 5.41. The lowest BCUT2D eigenvalue weighted by Crippen LogP contribution is -2.23. The summed E-state index contributed by atoms with van der Waals surface area (Å²) in [7, 11) is 0. The van der Waals surface area contributed by atoms with Crippen LogP contribution >= 0.6 is 22.7 Å². The van der Waals surface area contributed by atoms with Gasteiger partial charge in [0.1, 0.15) is 5.01 Å². The molecule has 110 valence electrons. The van der Waals surface area contributed by atoms with Crippen LogP contribution in [-0.2, 0) is 19.4 Å². The van der Waals surface area contributed by atoms with E-state index >= 15 is 0 Å². The number of aryl methyl sites for hydroxylation is 1. The highest BCUT2D eigenvalue weighted by Crippen LogP contribution is 2.30. The second-order valence-corrected chi connectivity index (χ2v) is 6.78. The fourth-order valence-electron chi connectivity index (χ4n) is 2.43. The largest absolute Gasteiger partial charge is 0.476 e. The highest BCUT2D eigenvalue weighted by atomic mass is 32.1. The maximum atomic E-state index is 12.2. The van der Waals surface area contributed by atoms with E-state index in [-0.39, 0.29) is 18.1 Å². The molecule has 0 saturated heterocycles. The first-order chi connectivity index (χ1) is 10.1. The minimum atomic E-state index is -1.05. The van der Waals surface area contributed by atoms with E-state index in [4.69, 9.17) is 5.11 Å². The number of thiophene rings is 1. The van der Waals surface area contributed by atoms with Crippen molar-refractivity contribution < 1.29 is 14.7 Å². The lowest BCUT2D eigenvalue weighted by atomic mass is 9.96. The Hall–Kier alpha value is -1.73. The fraction of sp³-hybridized carbons (Fsp3) is 0.357. The molecule has 0 unspecified atom stereocenters. The number of carboxylic acids is 1. The Bertz CT molecular complexity index is 690. The lowest BCUT2D eigenvalue weighted by Gasteiger charge is -2.12. The summed E-state index contributed by atoms with van der Waals surface area (Å²) in [6.45, 7) is 0.265. The molecule has 21 heavy (non-hydrogen) atoms. The van der Waals surface area contributed by atoms with Gasteiger partial charge in [0.2, 0.25) is 0 Å². The molecule has 0 spiro atoms. The van der Waals surface area contributed by atoms with Crippen LogP contribution in [0.25, 0.3) is 0 Å². The third-order valence-electron chi connectivity index (χ3n) is 3.48. The number of amides is 1. The van der Waals surface area contributed by atoms with E-state index in [0.717, 1.165) is 24.8 Å². The van der Waals surface area contributed by atoms with Crippen molar-refractivity contribution in [2.75, 3.05) is 0 Å². The van der Waals surface area contributed by atoms with Crippen LogP contribution in [-0.4, -0.2) is 22.0 Å². The quantitative estimate of drug-likeness (QED) is 0.907. The zero-order valence-corrected chi connectivity index (χ0v) is 12.9. The second-order valence-electron chi connectivity index (χ2n) is 4.87. The molecule has 0 fully saturated rings. The zero-order valence-electron chi connectivity index (χ0n) is 11.2. The molecule has 2 aromatic rings. The second kappa shape index (κ2) is 5.95. The molecule has 3 rings (SSSR count). The van der Waals surface area contributed by atoms with E-state index in [1.165, 1.54) is 33.6 Å². The monoisotopic (exact) mass is 322 g/mol. The van der Waals surface area contributed by atoms with Gasteiger partial charge in [-0.15, -0.1) is 22.7 Å². The first-order valence-electron chi connectivity index (χ1n) is 6.70. The van der Waals surface area contributed by atoms with Gasteiger partial charge in [-0.05, 0) is 31.2 Å². The Morgan fingerprint density at radius 1 is 1.24 bits per heavy atom. The molecule has 7 heteroatoms. The molecule has 0 aliphatic heterocycles. The molecule has 5 nitrogen and oxygen atoms in total. The number of aromatic carboxylic acids is 1. The van der Waals surface area contributed by atoms with Crippen molar-refractivity contribution >= 4 is 34.6 Å². The van der Waals surface area contributed by atoms with Gasteiger partial charge in [-0.25, -0.2) is 9.78 Å². The SMILES string of the molecule is O=C(O)c1csc(CNC(=O)c2csc3c2CCCC3)n1. The fourth-order valence-corrected chi connectivity index (χ4v) is 4.26. The molecule has 1 aliphatic carbocycles. The Morgan fingerprint density at radius 2 is 2.05 bits per heavy atom. The van der Waals surface area contributed by atoms with Crippen LogP contribution in [0.15, 0.2) is 10.8 Å². The number of aromatic nitrogens is 1. The summed E-state index contributed by atoms with van der Waals surface area (Å²) >= 11 is 2.90. The van der Waals surface area contributed by atoms with E-state index in [9.17, 15) is 9.59 Å². The average Bonchev–Trinajstić information content (AvgIpc) is 3.11. The molecule has 1 aliphatic rings. The van der Waals surface area contributed by atoms with Crippen molar-refractivity contribution in [3.05, 3.63) is 37.5 Å². The van der Waals surface area contributed by atoms with Crippen molar-refractivity contribution in [1.82, 2.24) is 10.3 Å². The molecule has 0 bridgehead atoms. The van der Waals surface area contributed by atoms with Gasteiger partial charge in [0.15, 0.2) is 5.69 Å². The van der Waals surface area contributed by atoms with Crippen molar-refractivity contribution in [2.45, 2.75) is 32.2 Å². The van der Waals surface area contributed by atoms with Crippen molar-refractivity contribution in [3.63, 3.8) is 0 Å². The molecule has 0 saturated carbocycles. The minimum Gasteiger partial charge on any atom is -0.476 e. The van der Waals surface area contributed by atoms with Crippen LogP contribution in [0.5, 0.6) is 0 Å². The van der Waals surface area contributed by atoms with Gasteiger partial charge in [-0.3, -0.25) is 4.79 Å². The minimum absolute atomic E-state index is 0.0251. The van der Waals surface area contributed by atoms with Gasteiger partial charge in [-0.2, -0.15) is 0 Å². The summed E-state index contributed by atoms with van der Waals surface area (Å²) in [6.07, 6.45) is 4.38. The van der Waals surface area contributed by atoms with Gasteiger partial charge in [0.05, 0.1) is 12.1 Å². The average molecular weight is 322 g/mol. The van der Waals surface area contributed by atoms with Gasteiger partial charge >= 0.3 is 5.97 Å². The highest BCUT2D eigenvalue weighted by Gasteiger charge is 2.20. The summed E-state index contributed by atoms with van der Waals surface area (Å²) in [4.78, 5) is 28.3. The van der Waals surface area contributed by atoms with E-state index in [0.29, 0.717) is 5.01 Å². The Labute approximate surface area is 129 Å². The summed E-state index contributed by atoms with van der Waals surface area (Å²) in [5, 5.41) is 15.7. The Balaban J connectivity index is 1.66. The van der Waals surface area contributed by atoms with Crippen LogP contribution in [0.1, 0.15) is 49.1 Å². The number of fused-ring (bicyclic) bond motifs is 1. The maximum absolute atomic E-state index is 12.2. The van der Waals surface area contributed by atoms with E-state index in [1.807, 2.05) is 5.38 Å². The van der Waals surface area contributed by atoms with Gasteiger partial charge < -0.3 is 10.4 Å². The molecule has 0 radical (unpaired) electrons. The third kappa shape index (κ3) is 2.98. The summed E-state index contributed by atoms with van der Waals surface area (Å²) in [6, 6.07) is 0. The first kappa shape index (κ1) is 14.2. The van der Waals surface area contributed by atoms with Crippen molar-refractivity contribution in [2.24, 2.45) is 0 Å². The summed E-state index contributed by atoms with van der Waals surface area (Å²) in [5.41, 5.74) is 1.98.